The predicted molar refractivity (Wildman–Crippen MR) is 235 cm³/mol. The zero-order valence-corrected chi connectivity index (χ0v) is 37.3. The van der Waals surface area contributed by atoms with E-state index in [0.29, 0.717) is 34.8 Å². The molecular formula is C52H53N4NaO3. The van der Waals surface area contributed by atoms with Crippen LogP contribution in [-0.4, -0.2) is 25.5 Å². The molecule has 6 heterocycles. The summed E-state index contributed by atoms with van der Waals surface area (Å²) in [6, 6.07) is 28.2. The van der Waals surface area contributed by atoms with E-state index in [1.54, 1.807) is 33.0 Å². The molecule has 0 spiro atoms. The maximum atomic E-state index is 10.1. The Morgan fingerprint density at radius 1 is 0.633 bits per heavy atom. The summed E-state index contributed by atoms with van der Waals surface area (Å²) < 4.78 is 44.3. The predicted octanol–water partition coefficient (Wildman–Crippen LogP) is 9.66. The zero-order chi connectivity index (χ0) is 43.8. The number of para-hydroxylation sites is 2. The molecule has 6 aromatic heterocycles. The fourth-order valence-corrected chi connectivity index (χ4v) is 10.5. The second-order valence-electron chi connectivity index (χ2n) is 18.3. The van der Waals surface area contributed by atoms with Crippen LogP contribution in [0.2, 0.25) is 0 Å². The van der Waals surface area contributed by atoms with Gasteiger partial charge in [0.1, 0.15) is 11.2 Å². The first-order valence-corrected chi connectivity index (χ1v) is 21.3. The third-order valence-electron chi connectivity index (χ3n) is 13.0. The van der Waals surface area contributed by atoms with Crippen molar-refractivity contribution in [1.82, 2.24) is 19.9 Å². The first-order chi connectivity index (χ1) is 30.1. The van der Waals surface area contributed by atoms with E-state index >= 15 is 0 Å². The Kier molecular flexibility index (Phi) is 9.95. The van der Waals surface area contributed by atoms with Crippen molar-refractivity contribution in [2.24, 2.45) is 23.7 Å². The summed E-state index contributed by atoms with van der Waals surface area (Å²) in [5.74, 6) is 3.11. The third kappa shape index (κ3) is 8.07. The van der Waals surface area contributed by atoms with E-state index < -0.39 is 18.3 Å². The third-order valence-corrected chi connectivity index (χ3v) is 13.0. The van der Waals surface area contributed by atoms with Crippen molar-refractivity contribution < 1.29 is 49.0 Å². The summed E-state index contributed by atoms with van der Waals surface area (Å²) in [6.07, 6.45) is 13.9. The van der Waals surface area contributed by atoms with E-state index in [4.69, 9.17) is 17.9 Å². The minimum absolute atomic E-state index is 0. The standard InChI is InChI=1S/2C24H22N2O.C4H9O.Na/c2*1-14-5-8-19-18-3-2-4-20(23(18)27-24(19)26-14)22-13-17(9-10-25-22)21-12-15-6-7-16(21)11-15;1-4(2,3)5;/h2*2-5,8-10,13,15-16,21H,6-7,11-12H2,1H3;1-3H3;/q;;-1;+1/i1D3,21D;;;. The molecule has 0 amide bonds. The molecule has 60 heavy (non-hydrogen) atoms. The zero-order valence-electron chi connectivity index (χ0n) is 39.3. The smallest absolute Gasteiger partial charge is 0.850 e. The average molecular weight is 809 g/mol. The van der Waals surface area contributed by atoms with E-state index in [-0.39, 0.29) is 35.3 Å². The maximum absolute atomic E-state index is 10.1. The molecule has 7 nitrogen and oxygen atoms in total. The second-order valence-corrected chi connectivity index (χ2v) is 18.3. The molecule has 8 aromatic rings. The Hall–Kier alpha value is -4.40. The van der Waals surface area contributed by atoms with E-state index in [9.17, 15) is 6.48 Å². The monoisotopic (exact) mass is 808 g/mol. The molecule has 0 aliphatic heterocycles. The Labute approximate surface area is 380 Å². The topological polar surface area (TPSA) is 101 Å². The summed E-state index contributed by atoms with van der Waals surface area (Å²) in [5, 5.41) is 14.0. The van der Waals surface area contributed by atoms with E-state index in [1.165, 1.54) is 43.7 Å². The molecule has 6 unspecified atom stereocenters. The Morgan fingerprint density at radius 2 is 1.17 bits per heavy atom. The fraction of sp³-hybridized carbons (Fsp3) is 0.385. The molecule has 4 aliphatic rings. The van der Waals surface area contributed by atoms with Gasteiger partial charge in [0, 0.05) is 61.9 Å². The van der Waals surface area contributed by atoms with Crippen molar-refractivity contribution in [2.45, 2.75) is 103 Å². The molecule has 2 aromatic carbocycles. The molecule has 8 heteroatoms. The molecule has 4 fully saturated rings. The van der Waals surface area contributed by atoms with Gasteiger partial charge in [0.25, 0.3) is 0 Å². The number of fused-ring (bicyclic) bond motifs is 10. The van der Waals surface area contributed by atoms with Crippen molar-refractivity contribution in [2.75, 3.05) is 0 Å². The molecule has 12 rings (SSSR count). The summed E-state index contributed by atoms with van der Waals surface area (Å²) >= 11 is 0. The molecule has 4 aliphatic carbocycles. The first kappa shape index (κ1) is 36.3. The quantitative estimate of drug-likeness (QED) is 0.163. The van der Waals surface area contributed by atoms with Gasteiger partial charge in [-0.15, -0.1) is 5.60 Å². The summed E-state index contributed by atoms with van der Waals surface area (Å²) in [6.45, 7) is 4.61. The largest absolute Gasteiger partial charge is 1.00 e. The van der Waals surface area contributed by atoms with Crippen LogP contribution in [0.4, 0.5) is 0 Å². The number of aryl methyl sites for hydroxylation is 2. The van der Waals surface area contributed by atoms with Crippen molar-refractivity contribution in [3.8, 4) is 22.5 Å². The summed E-state index contributed by atoms with van der Waals surface area (Å²) in [5.41, 5.74) is 8.96. The number of hydrogen-bond donors (Lipinski definition) is 0. The van der Waals surface area contributed by atoms with Gasteiger partial charge in [-0.2, -0.15) is 0 Å². The van der Waals surface area contributed by atoms with Crippen molar-refractivity contribution in [3.63, 3.8) is 0 Å². The number of nitrogens with zero attached hydrogens (tertiary/aromatic N) is 4. The minimum atomic E-state index is -2.28. The van der Waals surface area contributed by atoms with Crippen molar-refractivity contribution in [3.05, 3.63) is 120 Å². The number of benzene rings is 2. The van der Waals surface area contributed by atoms with Gasteiger partial charge >= 0.3 is 29.6 Å². The Bertz CT molecular complexity index is 3010. The van der Waals surface area contributed by atoms with Crippen LogP contribution in [0.25, 0.3) is 66.7 Å². The van der Waals surface area contributed by atoms with Crippen molar-refractivity contribution in [1.29, 1.82) is 0 Å². The number of hydrogen-bond acceptors (Lipinski definition) is 7. The van der Waals surface area contributed by atoms with Crippen LogP contribution in [0.15, 0.2) is 106 Å². The van der Waals surface area contributed by atoms with Gasteiger partial charge in [-0.3, -0.25) is 9.97 Å². The molecule has 0 N–H and O–H groups in total. The minimum Gasteiger partial charge on any atom is -0.850 e. The van der Waals surface area contributed by atoms with Gasteiger partial charge < -0.3 is 13.9 Å². The van der Waals surface area contributed by atoms with Gasteiger partial charge in [0.15, 0.2) is 0 Å². The molecular weight excluding hydrogens is 752 g/mol. The van der Waals surface area contributed by atoms with Gasteiger partial charge in [-0.25, -0.2) is 9.97 Å². The average Bonchev–Trinajstić information content (AvgIpc) is 4.13. The van der Waals surface area contributed by atoms with Gasteiger partial charge in [0.2, 0.25) is 11.4 Å². The van der Waals surface area contributed by atoms with Gasteiger partial charge in [0.05, 0.1) is 11.4 Å². The van der Waals surface area contributed by atoms with E-state index in [0.717, 1.165) is 92.0 Å². The van der Waals surface area contributed by atoms with Crippen LogP contribution in [0.5, 0.6) is 0 Å². The maximum Gasteiger partial charge on any atom is 1.00 e. The van der Waals surface area contributed by atoms with Crippen LogP contribution in [-0.2, 0) is 0 Å². The van der Waals surface area contributed by atoms with E-state index in [1.807, 2.05) is 49.5 Å². The number of aromatic nitrogens is 4. The second kappa shape index (κ2) is 16.5. The fourth-order valence-electron chi connectivity index (χ4n) is 10.5. The first-order valence-electron chi connectivity index (χ1n) is 23.3. The van der Waals surface area contributed by atoms with Gasteiger partial charge in [-0.05, 0) is 160 Å². The van der Waals surface area contributed by atoms with Crippen LogP contribution in [0.1, 0.15) is 112 Å². The SMILES string of the molecule is CC(C)(C)[O-].Cc1ccc2c(n1)oc1c(-c3cc(C4CC5CCC4C5)ccn3)cccc12.[2H]C([2H])([2H])c1ccc2c(n1)oc1c(-c3cc(C4([2H])CC5CCC4C5)ccn3)cccc12.[Na+]. The summed E-state index contributed by atoms with van der Waals surface area (Å²) in [4.78, 5) is 18.1. The molecule has 4 saturated carbocycles. The summed E-state index contributed by atoms with van der Waals surface area (Å²) in [7, 11) is 0. The number of rotatable bonds is 4. The molecule has 6 atom stereocenters. The van der Waals surface area contributed by atoms with Crippen LogP contribution in [0, 0.1) is 37.4 Å². The molecule has 300 valence electrons. The Balaban J connectivity index is 0.000000146. The van der Waals surface area contributed by atoms with Crippen LogP contribution >= 0.6 is 0 Å². The van der Waals surface area contributed by atoms with E-state index in [2.05, 4.69) is 51.4 Å². The van der Waals surface area contributed by atoms with Crippen LogP contribution < -0.4 is 34.7 Å². The number of pyridine rings is 4. The number of furan rings is 2. The molecule has 0 saturated heterocycles. The van der Waals surface area contributed by atoms with Crippen LogP contribution in [0.3, 0.4) is 0 Å². The normalized spacial score (nSPS) is 25.2. The Morgan fingerprint density at radius 3 is 1.70 bits per heavy atom. The molecule has 4 bridgehead atoms. The van der Waals surface area contributed by atoms with Gasteiger partial charge in [-0.1, -0.05) is 57.9 Å². The van der Waals surface area contributed by atoms with Crippen molar-refractivity contribution >= 4 is 44.1 Å². The molecule has 0 radical (unpaired) electrons.